The summed E-state index contributed by atoms with van der Waals surface area (Å²) in [6.07, 6.45) is 10.0. The summed E-state index contributed by atoms with van der Waals surface area (Å²) in [5.74, 6) is -0.0780. The average molecular weight is 344 g/mol. The molecular formula is C21H20N4O. The van der Waals surface area contributed by atoms with Crippen molar-refractivity contribution in [2.24, 2.45) is 0 Å². The lowest BCUT2D eigenvalue weighted by Gasteiger charge is -2.05. The standard InChI is InChI=1S/C21H20N4O/c26-20(9-8-17-15-24-19-7-2-1-6-18(17)19)22-12-4-13-25-14-10-16-5-3-11-23-21(16)25/h1-3,5-11,14-15,24H,4,12-13H2,(H,22,26). The lowest BCUT2D eigenvalue weighted by Crippen LogP contribution is -2.23. The van der Waals surface area contributed by atoms with Crippen molar-refractivity contribution in [3.8, 4) is 0 Å². The fourth-order valence-electron chi connectivity index (χ4n) is 3.12. The molecule has 0 unspecified atom stereocenters. The van der Waals surface area contributed by atoms with Gasteiger partial charge in [-0.3, -0.25) is 4.79 Å². The van der Waals surface area contributed by atoms with Gasteiger partial charge in [-0.15, -0.1) is 0 Å². The Hall–Kier alpha value is -3.34. The molecule has 0 atom stereocenters. The van der Waals surface area contributed by atoms with Crippen molar-refractivity contribution in [1.82, 2.24) is 19.9 Å². The van der Waals surface area contributed by atoms with Gasteiger partial charge in [0.05, 0.1) is 0 Å². The number of hydrogen-bond donors (Lipinski definition) is 2. The van der Waals surface area contributed by atoms with Gasteiger partial charge in [0.25, 0.3) is 0 Å². The SMILES string of the molecule is O=C(C=Cc1c[nH]c2ccccc12)NCCCn1ccc2cccnc21. The van der Waals surface area contributed by atoms with Gasteiger partial charge >= 0.3 is 0 Å². The van der Waals surface area contributed by atoms with Crippen LogP contribution in [0.2, 0.25) is 0 Å². The molecule has 0 radical (unpaired) electrons. The number of hydrogen-bond acceptors (Lipinski definition) is 2. The number of carbonyl (C=O) groups is 1. The Morgan fingerprint density at radius 3 is 3.08 bits per heavy atom. The molecule has 3 aromatic heterocycles. The highest BCUT2D eigenvalue weighted by Gasteiger charge is 2.02. The maximum absolute atomic E-state index is 12.0. The van der Waals surface area contributed by atoms with E-state index in [0.29, 0.717) is 6.54 Å². The van der Waals surface area contributed by atoms with Crippen LogP contribution in [0.25, 0.3) is 28.0 Å². The molecule has 1 amide bonds. The Kier molecular flexibility index (Phi) is 4.51. The Morgan fingerprint density at radius 2 is 2.12 bits per heavy atom. The third-order valence-corrected chi connectivity index (χ3v) is 4.43. The van der Waals surface area contributed by atoms with Crippen LogP contribution >= 0.6 is 0 Å². The highest BCUT2D eigenvalue weighted by atomic mass is 16.1. The fourth-order valence-corrected chi connectivity index (χ4v) is 3.12. The minimum absolute atomic E-state index is 0.0780. The van der Waals surface area contributed by atoms with E-state index in [1.165, 1.54) is 0 Å². The molecule has 0 saturated heterocycles. The molecule has 3 heterocycles. The van der Waals surface area contributed by atoms with Gasteiger partial charge in [0.1, 0.15) is 5.65 Å². The highest BCUT2D eigenvalue weighted by molar-refractivity contribution is 5.96. The molecule has 1 aromatic carbocycles. The Labute approximate surface area is 151 Å². The summed E-state index contributed by atoms with van der Waals surface area (Å²) in [6.45, 7) is 1.45. The largest absolute Gasteiger partial charge is 0.361 e. The van der Waals surface area contributed by atoms with Gasteiger partial charge < -0.3 is 14.9 Å². The van der Waals surface area contributed by atoms with Crippen LogP contribution in [0.4, 0.5) is 0 Å². The van der Waals surface area contributed by atoms with Crippen LogP contribution in [0.1, 0.15) is 12.0 Å². The number of amides is 1. The molecule has 26 heavy (non-hydrogen) atoms. The Bertz CT molecular complexity index is 1070. The maximum atomic E-state index is 12.0. The van der Waals surface area contributed by atoms with Gasteiger partial charge in [-0.1, -0.05) is 18.2 Å². The first kappa shape index (κ1) is 16.1. The first-order valence-corrected chi connectivity index (χ1v) is 8.73. The first-order chi connectivity index (χ1) is 12.8. The predicted octanol–water partition coefficient (Wildman–Crippen LogP) is 3.74. The van der Waals surface area contributed by atoms with Crippen LogP contribution < -0.4 is 5.32 Å². The fraction of sp³-hybridized carbons (Fsp3) is 0.143. The molecule has 130 valence electrons. The second-order valence-electron chi connectivity index (χ2n) is 6.19. The van der Waals surface area contributed by atoms with Gasteiger partial charge in [0.15, 0.2) is 0 Å². The minimum Gasteiger partial charge on any atom is -0.361 e. The summed E-state index contributed by atoms with van der Waals surface area (Å²) < 4.78 is 2.11. The van der Waals surface area contributed by atoms with E-state index in [9.17, 15) is 4.79 Å². The van der Waals surface area contributed by atoms with E-state index in [2.05, 4.69) is 32.0 Å². The third kappa shape index (κ3) is 3.37. The molecule has 5 heteroatoms. The molecule has 5 nitrogen and oxygen atoms in total. The Morgan fingerprint density at radius 1 is 1.19 bits per heavy atom. The van der Waals surface area contributed by atoms with Crippen molar-refractivity contribution in [1.29, 1.82) is 0 Å². The number of aromatic nitrogens is 3. The van der Waals surface area contributed by atoms with Gasteiger partial charge in [-0.05, 0) is 42.3 Å². The number of pyridine rings is 1. The smallest absolute Gasteiger partial charge is 0.244 e. The number of fused-ring (bicyclic) bond motifs is 2. The molecule has 0 bridgehead atoms. The van der Waals surface area contributed by atoms with Crippen molar-refractivity contribution < 1.29 is 4.79 Å². The summed E-state index contributed by atoms with van der Waals surface area (Å²) in [6, 6.07) is 14.1. The molecule has 0 aliphatic rings. The van der Waals surface area contributed by atoms with Gasteiger partial charge in [-0.2, -0.15) is 0 Å². The van der Waals surface area contributed by atoms with E-state index < -0.39 is 0 Å². The topological polar surface area (TPSA) is 62.7 Å². The molecule has 4 rings (SSSR count). The van der Waals surface area contributed by atoms with Crippen LogP contribution in [0.15, 0.2) is 67.1 Å². The van der Waals surface area contributed by atoms with Crippen LogP contribution in [-0.2, 0) is 11.3 Å². The summed E-state index contributed by atoms with van der Waals surface area (Å²) in [5.41, 5.74) is 3.07. The summed E-state index contributed by atoms with van der Waals surface area (Å²) in [5, 5.41) is 5.19. The number of aryl methyl sites for hydroxylation is 1. The van der Waals surface area contributed by atoms with Crippen LogP contribution in [0.5, 0.6) is 0 Å². The van der Waals surface area contributed by atoms with E-state index >= 15 is 0 Å². The van der Waals surface area contributed by atoms with Crippen molar-refractivity contribution in [2.75, 3.05) is 6.54 Å². The molecule has 0 aliphatic heterocycles. The van der Waals surface area contributed by atoms with Crippen molar-refractivity contribution in [3.05, 3.63) is 72.7 Å². The number of nitrogens with zero attached hydrogens (tertiary/aromatic N) is 2. The van der Waals surface area contributed by atoms with Gasteiger partial charge in [-0.25, -0.2) is 4.98 Å². The minimum atomic E-state index is -0.0780. The number of carbonyl (C=O) groups excluding carboxylic acids is 1. The van der Waals surface area contributed by atoms with E-state index in [-0.39, 0.29) is 5.91 Å². The number of aromatic amines is 1. The zero-order valence-corrected chi connectivity index (χ0v) is 14.4. The molecule has 4 aromatic rings. The number of para-hydroxylation sites is 1. The van der Waals surface area contributed by atoms with Crippen molar-refractivity contribution >= 4 is 33.9 Å². The first-order valence-electron chi connectivity index (χ1n) is 8.73. The van der Waals surface area contributed by atoms with Crippen LogP contribution in [0, 0.1) is 0 Å². The zero-order valence-electron chi connectivity index (χ0n) is 14.4. The lowest BCUT2D eigenvalue weighted by molar-refractivity contribution is -0.116. The highest BCUT2D eigenvalue weighted by Crippen LogP contribution is 2.18. The molecule has 0 aliphatic carbocycles. The number of benzene rings is 1. The summed E-state index contributed by atoms with van der Waals surface area (Å²) in [4.78, 5) is 19.6. The van der Waals surface area contributed by atoms with E-state index in [1.54, 1.807) is 12.3 Å². The average Bonchev–Trinajstić information content (AvgIpc) is 3.28. The zero-order chi connectivity index (χ0) is 17.8. The van der Waals surface area contributed by atoms with Gasteiger partial charge in [0.2, 0.25) is 5.91 Å². The normalized spacial score (nSPS) is 11.5. The lowest BCUT2D eigenvalue weighted by atomic mass is 10.1. The molecular weight excluding hydrogens is 324 g/mol. The summed E-state index contributed by atoms with van der Waals surface area (Å²) in [7, 11) is 0. The molecule has 0 saturated carbocycles. The van der Waals surface area contributed by atoms with E-state index in [1.807, 2.05) is 48.8 Å². The number of H-pyrrole nitrogens is 1. The number of nitrogens with one attached hydrogen (secondary N) is 2. The molecule has 2 N–H and O–H groups in total. The number of rotatable bonds is 6. The second kappa shape index (κ2) is 7.27. The van der Waals surface area contributed by atoms with Crippen molar-refractivity contribution in [2.45, 2.75) is 13.0 Å². The Balaban J connectivity index is 1.29. The maximum Gasteiger partial charge on any atom is 0.244 e. The van der Waals surface area contributed by atoms with Crippen LogP contribution in [-0.4, -0.2) is 27.0 Å². The van der Waals surface area contributed by atoms with Crippen LogP contribution in [0.3, 0.4) is 0 Å². The van der Waals surface area contributed by atoms with E-state index in [0.717, 1.165) is 40.5 Å². The van der Waals surface area contributed by atoms with E-state index in [4.69, 9.17) is 0 Å². The molecule has 0 spiro atoms. The third-order valence-electron chi connectivity index (χ3n) is 4.43. The summed E-state index contributed by atoms with van der Waals surface area (Å²) >= 11 is 0. The van der Waals surface area contributed by atoms with Crippen molar-refractivity contribution in [3.63, 3.8) is 0 Å². The van der Waals surface area contributed by atoms with Gasteiger partial charge in [0, 0.05) is 54.0 Å². The monoisotopic (exact) mass is 344 g/mol. The quantitative estimate of drug-likeness (QED) is 0.413. The predicted molar refractivity (Wildman–Crippen MR) is 105 cm³/mol. The second-order valence-corrected chi connectivity index (χ2v) is 6.19. The molecule has 0 fully saturated rings.